The van der Waals surface area contributed by atoms with Crippen LogP contribution in [-0.2, 0) is 0 Å². The molecule has 0 saturated heterocycles. The van der Waals surface area contributed by atoms with Crippen LogP contribution >= 0.6 is 0 Å². The first kappa shape index (κ1) is 17.9. The summed E-state index contributed by atoms with van der Waals surface area (Å²) >= 11 is 0. The third kappa shape index (κ3) is 5.68. The van der Waals surface area contributed by atoms with Crippen molar-refractivity contribution in [2.75, 3.05) is 51.2 Å². The van der Waals surface area contributed by atoms with Gasteiger partial charge in [-0.2, -0.15) is 5.10 Å². The second kappa shape index (κ2) is 8.97. The second-order valence-electron chi connectivity index (χ2n) is 5.37. The highest BCUT2D eigenvalue weighted by Crippen LogP contribution is 2.20. The van der Waals surface area contributed by atoms with Gasteiger partial charge in [-0.1, -0.05) is 0 Å². The molecule has 22 heavy (non-hydrogen) atoms. The average molecular weight is 303 g/mol. The molecule has 1 aromatic rings. The Balaban J connectivity index is 2.67. The minimum Gasteiger partial charge on any atom is -0.382 e. The fourth-order valence-electron chi connectivity index (χ4n) is 1.97. The van der Waals surface area contributed by atoms with Crippen LogP contribution in [0.5, 0.6) is 0 Å². The lowest BCUT2D eigenvalue weighted by Gasteiger charge is -2.22. The molecule has 0 heterocycles. The predicted octanol–water partition coefficient (Wildman–Crippen LogP) is 2.88. The summed E-state index contributed by atoms with van der Waals surface area (Å²) in [4.78, 5) is 6.23. The first-order chi connectivity index (χ1) is 10.5. The summed E-state index contributed by atoms with van der Waals surface area (Å²) < 4.78 is 0. The SMILES string of the molecule is CCN(CC)c1ccc(N(C)/N=C/N(C)/C=C\N(C)C)cc1. The van der Waals surface area contributed by atoms with E-state index in [1.807, 2.05) is 55.4 Å². The molecule has 1 aromatic carbocycles. The predicted molar refractivity (Wildman–Crippen MR) is 97.5 cm³/mol. The number of hydrogen-bond acceptors (Lipinski definition) is 4. The average Bonchev–Trinajstić information content (AvgIpc) is 2.52. The van der Waals surface area contributed by atoms with Gasteiger partial charge in [0.05, 0.1) is 5.69 Å². The minimum absolute atomic E-state index is 1.02. The highest BCUT2D eigenvalue weighted by molar-refractivity contribution is 5.61. The lowest BCUT2D eigenvalue weighted by molar-refractivity contribution is 0.546. The number of anilines is 2. The van der Waals surface area contributed by atoms with Crippen molar-refractivity contribution in [1.82, 2.24) is 9.80 Å². The van der Waals surface area contributed by atoms with Crippen molar-refractivity contribution in [3.63, 3.8) is 0 Å². The van der Waals surface area contributed by atoms with Crippen molar-refractivity contribution in [2.24, 2.45) is 5.10 Å². The highest BCUT2D eigenvalue weighted by Gasteiger charge is 2.03. The largest absolute Gasteiger partial charge is 0.382 e. The molecule has 0 N–H and O–H groups in total. The van der Waals surface area contributed by atoms with Gasteiger partial charge in [0, 0.05) is 59.4 Å². The Kier molecular flexibility index (Phi) is 7.29. The van der Waals surface area contributed by atoms with Gasteiger partial charge >= 0.3 is 0 Å². The molecule has 0 fully saturated rings. The van der Waals surface area contributed by atoms with Crippen molar-refractivity contribution in [3.8, 4) is 0 Å². The van der Waals surface area contributed by atoms with E-state index in [0.717, 1.165) is 18.8 Å². The normalized spacial score (nSPS) is 11.2. The fraction of sp³-hybridized carbons (Fsp3) is 0.471. The topological polar surface area (TPSA) is 25.3 Å². The van der Waals surface area contributed by atoms with Crippen molar-refractivity contribution in [2.45, 2.75) is 13.8 Å². The molecule has 0 spiro atoms. The maximum atomic E-state index is 4.44. The van der Waals surface area contributed by atoms with E-state index in [-0.39, 0.29) is 0 Å². The van der Waals surface area contributed by atoms with E-state index in [2.05, 4.69) is 48.1 Å². The number of nitrogens with zero attached hydrogens (tertiary/aromatic N) is 5. The zero-order valence-corrected chi connectivity index (χ0v) is 14.7. The summed E-state index contributed by atoms with van der Waals surface area (Å²) in [6.07, 6.45) is 5.73. The first-order valence-electron chi connectivity index (χ1n) is 7.67. The summed E-state index contributed by atoms with van der Waals surface area (Å²) in [5.74, 6) is 0. The second-order valence-corrected chi connectivity index (χ2v) is 5.37. The number of hydrogen-bond donors (Lipinski definition) is 0. The molecule has 1 rings (SSSR count). The number of benzene rings is 1. The van der Waals surface area contributed by atoms with Crippen LogP contribution in [-0.4, -0.2) is 57.4 Å². The zero-order chi connectivity index (χ0) is 16.5. The van der Waals surface area contributed by atoms with E-state index in [1.165, 1.54) is 5.69 Å². The lowest BCUT2D eigenvalue weighted by atomic mass is 10.2. The van der Waals surface area contributed by atoms with Gasteiger partial charge in [-0.15, -0.1) is 0 Å². The molecular formula is C17H29N5. The van der Waals surface area contributed by atoms with Crippen LogP contribution in [0.3, 0.4) is 0 Å². The van der Waals surface area contributed by atoms with Gasteiger partial charge in [0.2, 0.25) is 0 Å². The van der Waals surface area contributed by atoms with Crippen molar-refractivity contribution < 1.29 is 0 Å². The van der Waals surface area contributed by atoms with E-state index in [0.29, 0.717) is 0 Å². The van der Waals surface area contributed by atoms with Gasteiger partial charge < -0.3 is 14.7 Å². The Hall–Kier alpha value is -2.17. The molecule has 122 valence electrons. The molecule has 0 bridgehead atoms. The third-order valence-electron chi connectivity index (χ3n) is 3.36. The van der Waals surface area contributed by atoms with Crippen LogP contribution in [0.4, 0.5) is 11.4 Å². The van der Waals surface area contributed by atoms with Crippen LogP contribution in [0.2, 0.25) is 0 Å². The maximum absolute atomic E-state index is 4.44. The molecule has 0 saturated carbocycles. The Morgan fingerprint density at radius 3 is 1.91 bits per heavy atom. The van der Waals surface area contributed by atoms with Crippen molar-refractivity contribution in [1.29, 1.82) is 0 Å². The molecule has 0 atom stereocenters. The van der Waals surface area contributed by atoms with E-state index >= 15 is 0 Å². The van der Waals surface area contributed by atoms with Gasteiger partial charge in [-0.3, -0.25) is 5.01 Å². The quantitative estimate of drug-likeness (QED) is 0.419. The lowest BCUT2D eigenvalue weighted by Crippen LogP contribution is -2.21. The van der Waals surface area contributed by atoms with Crippen LogP contribution in [0.15, 0.2) is 41.8 Å². The molecule has 0 aliphatic carbocycles. The van der Waals surface area contributed by atoms with Gasteiger partial charge in [-0.05, 0) is 38.1 Å². The molecular weight excluding hydrogens is 274 g/mol. The summed E-state index contributed by atoms with van der Waals surface area (Å²) in [7, 11) is 7.89. The van der Waals surface area contributed by atoms with E-state index < -0.39 is 0 Å². The van der Waals surface area contributed by atoms with E-state index in [9.17, 15) is 0 Å². The molecule has 0 radical (unpaired) electrons. The molecule has 0 aliphatic heterocycles. The van der Waals surface area contributed by atoms with E-state index in [4.69, 9.17) is 0 Å². The van der Waals surface area contributed by atoms with Gasteiger partial charge in [0.1, 0.15) is 6.34 Å². The molecule has 5 nitrogen and oxygen atoms in total. The zero-order valence-electron chi connectivity index (χ0n) is 14.7. The Morgan fingerprint density at radius 1 is 0.864 bits per heavy atom. The standard InChI is InChI=1S/C17H29N5/c1-7-22(8-2)17-11-9-16(10-12-17)21(6)18-15-20(5)14-13-19(3)4/h9-15H,7-8H2,1-6H3/b14-13-,18-15+. The monoisotopic (exact) mass is 303 g/mol. The first-order valence-corrected chi connectivity index (χ1v) is 7.67. The Labute approximate surface area is 135 Å². The summed E-state index contributed by atoms with van der Waals surface area (Å²) in [5, 5.41) is 6.31. The van der Waals surface area contributed by atoms with Crippen LogP contribution in [0.1, 0.15) is 13.8 Å². The van der Waals surface area contributed by atoms with Crippen LogP contribution in [0, 0.1) is 0 Å². The van der Waals surface area contributed by atoms with Crippen molar-refractivity contribution in [3.05, 3.63) is 36.7 Å². The van der Waals surface area contributed by atoms with Gasteiger partial charge in [0.15, 0.2) is 0 Å². The van der Waals surface area contributed by atoms with Crippen LogP contribution < -0.4 is 9.91 Å². The molecule has 0 unspecified atom stereocenters. The minimum atomic E-state index is 1.02. The van der Waals surface area contributed by atoms with Crippen molar-refractivity contribution >= 4 is 17.7 Å². The van der Waals surface area contributed by atoms with Crippen LogP contribution in [0.25, 0.3) is 0 Å². The molecule has 0 aliphatic rings. The summed E-state index contributed by atoms with van der Waals surface area (Å²) in [6, 6.07) is 8.48. The number of rotatable bonds is 8. The van der Waals surface area contributed by atoms with Gasteiger partial charge in [0.25, 0.3) is 0 Å². The fourth-order valence-corrected chi connectivity index (χ4v) is 1.97. The van der Waals surface area contributed by atoms with E-state index in [1.54, 1.807) is 6.34 Å². The molecule has 0 amide bonds. The molecule has 0 aromatic heterocycles. The summed E-state index contributed by atoms with van der Waals surface area (Å²) in [6.45, 7) is 6.38. The maximum Gasteiger partial charge on any atom is 0.115 e. The summed E-state index contributed by atoms with van der Waals surface area (Å²) in [5.41, 5.74) is 2.31. The Morgan fingerprint density at radius 2 is 1.41 bits per heavy atom. The number of hydrazone groups is 1. The Bertz CT molecular complexity index is 474. The smallest absolute Gasteiger partial charge is 0.115 e. The third-order valence-corrected chi connectivity index (χ3v) is 3.36. The molecule has 5 heteroatoms. The highest BCUT2D eigenvalue weighted by atomic mass is 15.5. The van der Waals surface area contributed by atoms with Gasteiger partial charge in [-0.25, -0.2) is 0 Å².